The molecule has 0 saturated heterocycles. The van der Waals surface area contributed by atoms with Gasteiger partial charge in [-0.25, -0.2) is 0 Å². The van der Waals surface area contributed by atoms with Crippen LogP contribution in [0.2, 0.25) is 0 Å². The van der Waals surface area contributed by atoms with Crippen molar-refractivity contribution >= 4 is 20.7 Å². The smallest absolute Gasteiger partial charge is 0.117 e. The fourth-order valence-corrected chi connectivity index (χ4v) is 2.96. The van der Waals surface area contributed by atoms with Crippen LogP contribution in [0, 0.1) is 0 Å². The third-order valence-electron chi connectivity index (χ3n) is 2.91. The van der Waals surface area contributed by atoms with Gasteiger partial charge in [0.2, 0.25) is 0 Å². The first kappa shape index (κ1) is 12.8. The predicted molar refractivity (Wildman–Crippen MR) is 72.0 cm³/mol. The molecule has 0 heterocycles. The molecule has 0 nitrogen and oxygen atoms in total. The van der Waals surface area contributed by atoms with E-state index in [-0.39, 0.29) is 10.8 Å². The molecule has 0 spiro atoms. The summed E-state index contributed by atoms with van der Waals surface area (Å²) in [5, 5.41) is 0. The molecular formula is C14H23Al. The molecular weight excluding hydrogens is 195 g/mol. The highest BCUT2D eigenvalue weighted by Crippen LogP contribution is 2.27. The zero-order chi connectivity index (χ0) is 11.9. The lowest BCUT2D eigenvalue weighted by molar-refractivity contribution is 0.571. The summed E-state index contributed by atoms with van der Waals surface area (Å²) in [5.74, 6) is 0. The quantitative estimate of drug-likeness (QED) is 0.587. The average Bonchev–Trinajstić information content (AvgIpc) is 2.00. The first-order valence-electron chi connectivity index (χ1n) is 5.74. The fraction of sp³-hybridized carbons (Fsp3) is 0.571. The molecule has 0 saturated carbocycles. The van der Waals surface area contributed by atoms with Gasteiger partial charge in [-0.15, -0.1) is 4.43 Å². The molecule has 1 rings (SSSR count). The van der Waals surface area contributed by atoms with Crippen LogP contribution in [-0.2, 0) is 10.8 Å². The van der Waals surface area contributed by atoms with Crippen molar-refractivity contribution < 1.29 is 0 Å². The summed E-state index contributed by atoms with van der Waals surface area (Å²) in [6.07, 6.45) is 0. The summed E-state index contributed by atoms with van der Waals surface area (Å²) in [7, 11) is 0. The molecule has 15 heavy (non-hydrogen) atoms. The Morgan fingerprint density at radius 3 is 1.80 bits per heavy atom. The van der Waals surface area contributed by atoms with Crippen LogP contribution >= 0.6 is 0 Å². The normalized spacial score (nSPS) is 12.9. The van der Waals surface area contributed by atoms with Gasteiger partial charge >= 0.3 is 0 Å². The third kappa shape index (κ3) is 3.10. The molecule has 82 valence electrons. The Bertz CT molecular complexity index is 351. The van der Waals surface area contributed by atoms with Crippen LogP contribution in [-0.4, -0.2) is 16.3 Å². The predicted octanol–water partition coefficient (Wildman–Crippen LogP) is 2.54. The van der Waals surface area contributed by atoms with Gasteiger partial charge in [0.15, 0.2) is 0 Å². The minimum atomic E-state index is 0.259. The number of hydrogen-bond acceptors (Lipinski definition) is 0. The lowest BCUT2D eigenvalue weighted by Gasteiger charge is -2.27. The summed E-state index contributed by atoms with van der Waals surface area (Å²) >= 11 is 1.14. The Kier molecular flexibility index (Phi) is 3.39. The molecule has 0 aliphatic heterocycles. The molecule has 1 heteroatoms. The Hall–Kier alpha value is -0.248. The second-order valence-electron chi connectivity index (χ2n) is 6.53. The van der Waals surface area contributed by atoms with Crippen LogP contribution in [0.4, 0.5) is 0 Å². The monoisotopic (exact) mass is 218 g/mol. The van der Waals surface area contributed by atoms with E-state index in [0.717, 1.165) is 16.3 Å². The summed E-state index contributed by atoms with van der Waals surface area (Å²) in [6.45, 7) is 13.7. The standard InChI is InChI=1S/C14H21.Al.2H/c1-13(2,3)11-8-7-9-12(10-11)14(4,5)6;;;/h7-8,10H,1-6H3;;;. The molecule has 1 aromatic rings. The molecule has 0 radical (unpaired) electrons. The van der Waals surface area contributed by atoms with Gasteiger partial charge in [-0.05, 0) is 16.4 Å². The van der Waals surface area contributed by atoms with E-state index in [0.29, 0.717) is 0 Å². The van der Waals surface area contributed by atoms with E-state index in [1.165, 1.54) is 15.6 Å². The number of benzene rings is 1. The summed E-state index contributed by atoms with van der Waals surface area (Å²) in [4.78, 5) is 0. The molecule has 0 aromatic heterocycles. The van der Waals surface area contributed by atoms with E-state index < -0.39 is 0 Å². The minimum Gasteiger partial charge on any atom is -0.117 e. The maximum absolute atomic E-state index is 2.41. The second kappa shape index (κ2) is 3.96. The summed E-state index contributed by atoms with van der Waals surface area (Å²) in [5.41, 5.74) is 3.52. The molecule has 1 aromatic carbocycles. The lowest BCUT2D eigenvalue weighted by atomic mass is 9.81. The maximum atomic E-state index is 2.41. The molecule has 0 bridgehead atoms. The van der Waals surface area contributed by atoms with Gasteiger partial charge in [0.1, 0.15) is 0 Å². The molecule has 0 N–H and O–H groups in total. The Morgan fingerprint density at radius 2 is 1.40 bits per heavy atom. The van der Waals surface area contributed by atoms with Crippen molar-refractivity contribution in [2.24, 2.45) is 0 Å². The average molecular weight is 218 g/mol. The van der Waals surface area contributed by atoms with Crippen molar-refractivity contribution in [1.29, 1.82) is 0 Å². The van der Waals surface area contributed by atoms with Crippen molar-refractivity contribution in [3.63, 3.8) is 0 Å². The molecule has 0 aliphatic carbocycles. The van der Waals surface area contributed by atoms with Gasteiger partial charge in [0.25, 0.3) is 16.3 Å². The van der Waals surface area contributed by atoms with Gasteiger partial charge in [-0.1, -0.05) is 65.3 Å². The Morgan fingerprint density at radius 1 is 0.867 bits per heavy atom. The summed E-state index contributed by atoms with van der Waals surface area (Å²) < 4.78 is 1.54. The largest absolute Gasteiger partial charge is 0.259 e. The molecule has 0 atom stereocenters. The summed E-state index contributed by atoms with van der Waals surface area (Å²) in [6, 6.07) is 7.01. The highest BCUT2D eigenvalue weighted by Gasteiger charge is 2.20. The fourth-order valence-electron chi connectivity index (χ4n) is 1.90. The topological polar surface area (TPSA) is 0 Å². The van der Waals surface area contributed by atoms with Crippen molar-refractivity contribution in [2.45, 2.75) is 52.4 Å². The second-order valence-corrected chi connectivity index (χ2v) is 7.61. The van der Waals surface area contributed by atoms with Crippen LogP contribution in [0.15, 0.2) is 18.2 Å². The van der Waals surface area contributed by atoms with Crippen molar-refractivity contribution in [1.82, 2.24) is 0 Å². The van der Waals surface area contributed by atoms with Gasteiger partial charge < -0.3 is 0 Å². The van der Waals surface area contributed by atoms with E-state index >= 15 is 0 Å². The zero-order valence-corrected chi connectivity index (χ0v) is 13.2. The number of hydrogen-bond donors (Lipinski definition) is 0. The van der Waals surface area contributed by atoms with Crippen molar-refractivity contribution in [3.8, 4) is 0 Å². The van der Waals surface area contributed by atoms with Crippen molar-refractivity contribution in [3.05, 3.63) is 29.3 Å². The van der Waals surface area contributed by atoms with E-state index in [9.17, 15) is 0 Å². The zero-order valence-electron chi connectivity index (χ0n) is 11.2. The van der Waals surface area contributed by atoms with Gasteiger partial charge in [-0.2, -0.15) is 0 Å². The Labute approximate surface area is 103 Å². The first-order valence-corrected chi connectivity index (χ1v) is 6.74. The van der Waals surface area contributed by atoms with E-state index in [1.807, 2.05) is 0 Å². The molecule has 0 amide bonds. The lowest BCUT2D eigenvalue weighted by Crippen LogP contribution is -2.25. The first-order chi connectivity index (χ1) is 6.62. The van der Waals surface area contributed by atoms with Crippen LogP contribution in [0.3, 0.4) is 0 Å². The number of rotatable bonds is 0. The Balaban J connectivity index is 3.30. The van der Waals surface area contributed by atoms with E-state index in [1.54, 1.807) is 0 Å². The van der Waals surface area contributed by atoms with E-state index in [4.69, 9.17) is 0 Å². The highest BCUT2D eigenvalue weighted by atomic mass is 27.0. The highest BCUT2D eigenvalue weighted by molar-refractivity contribution is 6.33. The van der Waals surface area contributed by atoms with Crippen LogP contribution < -0.4 is 4.43 Å². The van der Waals surface area contributed by atoms with Crippen molar-refractivity contribution in [2.75, 3.05) is 0 Å². The third-order valence-corrected chi connectivity index (χ3v) is 3.78. The van der Waals surface area contributed by atoms with Gasteiger partial charge in [0.05, 0.1) is 0 Å². The van der Waals surface area contributed by atoms with Crippen LogP contribution in [0.5, 0.6) is 0 Å². The molecule has 0 aliphatic rings. The SMILES string of the molecule is CC(C)(C)c1cc[c]([AlH2])c(C(C)(C)C)c1. The minimum absolute atomic E-state index is 0.259. The van der Waals surface area contributed by atoms with Crippen LogP contribution in [0.1, 0.15) is 52.7 Å². The van der Waals surface area contributed by atoms with Gasteiger partial charge in [-0.3, -0.25) is 0 Å². The van der Waals surface area contributed by atoms with Crippen LogP contribution in [0.25, 0.3) is 0 Å². The molecule has 0 fully saturated rings. The van der Waals surface area contributed by atoms with E-state index in [2.05, 4.69) is 59.7 Å². The maximum Gasteiger partial charge on any atom is 0.259 e. The molecule has 0 unspecified atom stereocenters. The van der Waals surface area contributed by atoms with Gasteiger partial charge in [0, 0.05) is 0 Å².